The minimum Gasteiger partial charge on any atom is -0.383 e. The molecule has 0 radical (unpaired) electrons. The Morgan fingerprint density at radius 3 is 2.27 bits per heavy atom. The van der Waals surface area contributed by atoms with Crippen LogP contribution in [0.5, 0.6) is 0 Å². The number of hydrogen-bond donors (Lipinski definition) is 2. The third-order valence-corrected chi connectivity index (χ3v) is 2.46. The van der Waals surface area contributed by atoms with Gasteiger partial charge in [0.25, 0.3) is 0 Å². The molecule has 0 aliphatic carbocycles. The molecule has 84 valence electrons. The van der Waals surface area contributed by atoms with Crippen molar-refractivity contribution in [2.75, 3.05) is 5.73 Å². The number of hydrogen-bond acceptors (Lipinski definition) is 4. The number of nitrogen functional groups attached to an aromatic ring is 1. The summed E-state index contributed by atoms with van der Waals surface area (Å²) < 4.78 is 58.2. The van der Waals surface area contributed by atoms with Crippen LogP contribution in [0.15, 0.2) is 17.2 Å². The summed E-state index contributed by atoms with van der Waals surface area (Å²) in [6.07, 6.45) is -4.26. The molecule has 1 aromatic heterocycles. The van der Waals surface area contributed by atoms with Crippen molar-refractivity contribution in [3.05, 3.63) is 17.8 Å². The summed E-state index contributed by atoms with van der Waals surface area (Å²) in [5.41, 5.74) is 3.86. The van der Waals surface area contributed by atoms with E-state index in [0.717, 1.165) is 0 Å². The average Bonchev–Trinajstić information content (AvgIpc) is 2.00. The Morgan fingerprint density at radius 1 is 1.33 bits per heavy atom. The van der Waals surface area contributed by atoms with E-state index >= 15 is 0 Å². The highest BCUT2D eigenvalue weighted by Gasteiger charge is 2.32. The van der Waals surface area contributed by atoms with Crippen molar-refractivity contribution in [2.45, 2.75) is 11.1 Å². The number of nitrogens with two attached hydrogens (primary N) is 2. The first-order valence-electron chi connectivity index (χ1n) is 3.48. The molecule has 0 aromatic carbocycles. The van der Waals surface area contributed by atoms with Crippen LogP contribution in [0.4, 0.5) is 19.0 Å². The Labute approximate surface area is 83.0 Å². The van der Waals surface area contributed by atoms with E-state index in [0.29, 0.717) is 12.3 Å². The molecular weight excluding hydrogens is 235 g/mol. The SMILES string of the molecule is Nc1ncc(C(F)(F)F)cc1S(N)(=O)=O. The van der Waals surface area contributed by atoms with Crippen LogP contribution in [0.25, 0.3) is 0 Å². The molecule has 0 aliphatic rings. The number of sulfonamides is 1. The third kappa shape index (κ3) is 2.57. The molecule has 0 saturated heterocycles. The van der Waals surface area contributed by atoms with Crippen molar-refractivity contribution in [1.29, 1.82) is 0 Å². The van der Waals surface area contributed by atoms with E-state index in [1.807, 2.05) is 0 Å². The van der Waals surface area contributed by atoms with Crippen LogP contribution < -0.4 is 10.9 Å². The zero-order valence-electron chi connectivity index (χ0n) is 7.12. The van der Waals surface area contributed by atoms with Gasteiger partial charge in [0.1, 0.15) is 10.7 Å². The van der Waals surface area contributed by atoms with E-state index in [1.54, 1.807) is 0 Å². The van der Waals surface area contributed by atoms with E-state index < -0.39 is 32.5 Å². The quantitative estimate of drug-likeness (QED) is 0.740. The predicted molar refractivity (Wildman–Crippen MR) is 45.0 cm³/mol. The number of alkyl halides is 3. The Hall–Kier alpha value is -1.35. The highest BCUT2D eigenvalue weighted by Crippen LogP contribution is 2.30. The number of pyridine rings is 1. The summed E-state index contributed by atoms with van der Waals surface area (Å²) in [5, 5.41) is 4.65. The highest BCUT2D eigenvalue weighted by molar-refractivity contribution is 7.89. The van der Waals surface area contributed by atoms with Crippen molar-refractivity contribution < 1.29 is 21.6 Å². The fourth-order valence-electron chi connectivity index (χ4n) is 0.838. The van der Waals surface area contributed by atoms with Gasteiger partial charge in [-0.1, -0.05) is 0 Å². The summed E-state index contributed by atoms with van der Waals surface area (Å²) in [4.78, 5) is 2.27. The minimum absolute atomic E-state index is 0.345. The van der Waals surface area contributed by atoms with Gasteiger partial charge in [0, 0.05) is 6.20 Å². The monoisotopic (exact) mass is 241 g/mol. The van der Waals surface area contributed by atoms with Gasteiger partial charge in [-0.2, -0.15) is 13.2 Å². The summed E-state index contributed by atoms with van der Waals surface area (Å²) in [5.74, 6) is -0.564. The summed E-state index contributed by atoms with van der Waals surface area (Å²) in [6.45, 7) is 0. The first-order valence-corrected chi connectivity index (χ1v) is 5.02. The van der Waals surface area contributed by atoms with E-state index in [1.165, 1.54) is 0 Å². The van der Waals surface area contributed by atoms with Gasteiger partial charge >= 0.3 is 6.18 Å². The molecule has 1 heterocycles. The van der Waals surface area contributed by atoms with Gasteiger partial charge in [0.2, 0.25) is 10.0 Å². The second-order valence-corrected chi connectivity index (χ2v) is 4.18. The normalized spacial score (nSPS) is 12.8. The van der Waals surface area contributed by atoms with Crippen LogP contribution in [0.3, 0.4) is 0 Å². The smallest absolute Gasteiger partial charge is 0.383 e. The van der Waals surface area contributed by atoms with E-state index in [2.05, 4.69) is 10.1 Å². The zero-order valence-corrected chi connectivity index (χ0v) is 7.93. The number of anilines is 1. The van der Waals surface area contributed by atoms with Crippen LogP contribution in [-0.2, 0) is 16.2 Å². The number of aromatic nitrogens is 1. The number of halogens is 3. The topological polar surface area (TPSA) is 99.1 Å². The van der Waals surface area contributed by atoms with Crippen LogP contribution in [0, 0.1) is 0 Å². The van der Waals surface area contributed by atoms with Gasteiger partial charge in [0.15, 0.2) is 0 Å². The molecule has 0 fully saturated rings. The molecule has 0 unspecified atom stereocenters. The highest BCUT2D eigenvalue weighted by atomic mass is 32.2. The van der Waals surface area contributed by atoms with Crippen LogP contribution in [0.2, 0.25) is 0 Å². The van der Waals surface area contributed by atoms with Crippen molar-refractivity contribution in [3.63, 3.8) is 0 Å². The lowest BCUT2D eigenvalue weighted by atomic mass is 10.3. The van der Waals surface area contributed by atoms with Crippen LogP contribution in [-0.4, -0.2) is 13.4 Å². The summed E-state index contributed by atoms with van der Waals surface area (Å²) in [7, 11) is -4.30. The Morgan fingerprint density at radius 2 is 1.87 bits per heavy atom. The van der Waals surface area contributed by atoms with Gasteiger partial charge < -0.3 is 5.73 Å². The van der Waals surface area contributed by atoms with E-state index in [-0.39, 0.29) is 0 Å². The molecule has 0 atom stereocenters. The maximum atomic E-state index is 12.2. The van der Waals surface area contributed by atoms with Crippen molar-refractivity contribution in [2.24, 2.45) is 5.14 Å². The van der Waals surface area contributed by atoms with Gasteiger partial charge in [-0.05, 0) is 6.07 Å². The predicted octanol–water partition coefficient (Wildman–Crippen LogP) is 0.330. The molecule has 1 aromatic rings. The molecule has 0 spiro atoms. The Balaban J connectivity index is 3.43. The molecule has 0 bridgehead atoms. The summed E-state index contributed by atoms with van der Waals surface area (Å²) >= 11 is 0. The maximum Gasteiger partial charge on any atom is 0.417 e. The Kier molecular flexibility index (Phi) is 2.62. The van der Waals surface area contributed by atoms with Crippen molar-refractivity contribution in [1.82, 2.24) is 4.98 Å². The van der Waals surface area contributed by atoms with Crippen molar-refractivity contribution >= 4 is 15.8 Å². The molecular formula is C6H6F3N3O2S. The first kappa shape index (κ1) is 11.7. The molecule has 4 N–H and O–H groups in total. The first-order chi connectivity index (χ1) is 6.62. The molecule has 9 heteroatoms. The minimum atomic E-state index is -4.69. The molecule has 0 amide bonds. The molecule has 15 heavy (non-hydrogen) atoms. The second kappa shape index (κ2) is 3.35. The van der Waals surface area contributed by atoms with Gasteiger partial charge in [-0.25, -0.2) is 18.5 Å². The zero-order chi connectivity index (χ0) is 11.9. The molecule has 0 saturated carbocycles. The number of nitrogens with zero attached hydrogens (tertiary/aromatic N) is 1. The summed E-state index contributed by atoms with van der Waals surface area (Å²) in [6, 6.07) is 0.345. The molecule has 5 nitrogen and oxygen atoms in total. The largest absolute Gasteiger partial charge is 0.417 e. The number of primary sulfonamides is 1. The van der Waals surface area contributed by atoms with E-state index in [4.69, 9.17) is 5.73 Å². The van der Waals surface area contributed by atoms with Crippen molar-refractivity contribution in [3.8, 4) is 0 Å². The second-order valence-electron chi connectivity index (χ2n) is 2.65. The van der Waals surface area contributed by atoms with Crippen LogP contribution in [0.1, 0.15) is 5.56 Å². The Bertz CT molecular complexity index is 483. The lowest BCUT2D eigenvalue weighted by molar-refractivity contribution is -0.137. The fourth-order valence-corrected chi connectivity index (χ4v) is 1.47. The van der Waals surface area contributed by atoms with Gasteiger partial charge in [0.05, 0.1) is 5.56 Å². The standard InChI is InChI=1S/C6H6F3N3O2S/c7-6(8,9)3-1-4(15(11,13)14)5(10)12-2-3/h1-2H,(H2,10,12)(H2,11,13,14). The van der Waals surface area contributed by atoms with E-state index in [9.17, 15) is 21.6 Å². The lowest BCUT2D eigenvalue weighted by Gasteiger charge is -2.08. The van der Waals surface area contributed by atoms with Gasteiger partial charge in [-0.3, -0.25) is 0 Å². The fraction of sp³-hybridized carbons (Fsp3) is 0.167. The van der Waals surface area contributed by atoms with Gasteiger partial charge in [-0.15, -0.1) is 0 Å². The third-order valence-electron chi connectivity index (χ3n) is 1.52. The number of rotatable bonds is 1. The van der Waals surface area contributed by atoms with Crippen LogP contribution >= 0.6 is 0 Å². The average molecular weight is 241 g/mol. The lowest BCUT2D eigenvalue weighted by Crippen LogP contribution is -2.17. The molecule has 0 aliphatic heterocycles. The molecule has 1 rings (SSSR count). The maximum absolute atomic E-state index is 12.2.